The molecule has 3 aromatic rings. The summed E-state index contributed by atoms with van der Waals surface area (Å²) in [6, 6.07) is 3.18. The molecule has 0 aliphatic heterocycles. The maximum atomic E-state index is 13.6. The lowest BCUT2D eigenvalue weighted by Gasteiger charge is -2.16. The molecule has 0 saturated carbocycles. The molecule has 1 N–H and O–H groups in total. The molecular formula is C20H20F4N4O3. The molecule has 0 aliphatic rings. The Kier molecular flexibility index (Phi) is 6.37. The van der Waals surface area contributed by atoms with Crippen LogP contribution in [0, 0.1) is 5.95 Å². The fraction of sp³-hybridized carbons (Fsp3) is 0.400. The zero-order valence-corrected chi connectivity index (χ0v) is 16.9. The van der Waals surface area contributed by atoms with Crippen molar-refractivity contribution in [3.05, 3.63) is 58.6 Å². The second kappa shape index (κ2) is 8.67. The van der Waals surface area contributed by atoms with Crippen molar-refractivity contribution >= 4 is 11.4 Å². The van der Waals surface area contributed by atoms with Crippen LogP contribution in [0.4, 0.5) is 17.6 Å². The highest BCUT2D eigenvalue weighted by Crippen LogP contribution is 2.30. The molecule has 7 nitrogen and oxygen atoms in total. The average Bonchev–Trinajstić information content (AvgIpc) is 3.06. The lowest BCUT2D eigenvalue weighted by atomic mass is 10.00. The van der Waals surface area contributed by atoms with Gasteiger partial charge >= 0.3 is 6.18 Å². The van der Waals surface area contributed by atoms with Gasteiger partial charge in [-0.2, -0.15) is 17.6 Å². The fourth-order valence-electron chi connectivity index (χ4n) is 3.21. The van der Waals surface area contributed by atoms with Crippen LogP contribution in [-0.2, 0) is 28.5 Å². The number of methoxy groups -OCH3 is 1. The van der Waals surface area contributed by atoms with Crippen molar-refractivity contribution in [3.63, 3.8) is 0 Å². The third-order valence-corrected chi connectivity index (χ3v) is 4.72. The van der Waals surface area contributed by atoms with Crippen molar-refractivity contribution in [1.29, 1.82) is 0 Å². The second-order valence-corrected chi connectivity index (χ2v) is 7.14. The Bertz CT molecular complexity index is 1110. The quantitative estimate of drug-likeness (QED) is 0.567. The molecule has 166 valence electrons. The Morgan fingerprint density at radius 1 is 1.23 bits per heavy atom. The number of aromatic nitrogens is 4. The Morgan fingerprint density at radius 3 is 2.55 bits per heavy atom. The van der Waals surface area contributed by atoms with E-state index in [1.165, 1.54) is 30.8 Å². The van der Waals surface area contributed by atoms with Crippen LogP contribution in [0.1, 0.15) is 54.3 Å². The van der Waals surface area contributed by atoms with Crippen LogP contribution < -0.4 is 0 Å². The van der Waals surface area contributed by atoms with Gasteiger partial charge in [0.2, 0.25) is 5.95 Å². The number of halogens is 4. The molecule has 0 bridgehead atoms. The average molecular weight is 440 g/mol. The van der Waals surface area contributed by atoms with Crippen LogP contribution >= 0.6 is 0 Å². The molecule has 0 spiro atoms. The van der Waals surface area contributed by atoms with Gasteiger partial charge in [0.1, 0.15) is 11.5 Å². The molecule has 11 heteroatoms. The van der Waals surface area contributed by atoms with Crippen LogP contribution in [0.15, 0.2) is 24.4 Å². The van der Waals surface area contributed by atoms with Crippen LogP contribution in [0.25, 0.3) is 5.65 Å². The van der Waals surface area contributed by atoms with E-state index in [1.807, 2.05) is 0 Å². The largest absolute Gasteiger partial charge is 0.433 e. The number of aliphatic hydroxyl groups is 1. The topological polar surface area (TPSA) is 89.6 Å². The number of carbonyl (C=O) groups excluding carboxylic acids is 1. The number of ketones is 1. The van der Waals surface area contributed by atoms with E-state index in [-0.39, 0.29) is 29.7 Å². The van der Waals surface area contributed by atoms with Crippen molar-refractivity contribution in [2.75, 3.05) is 7.11 Å². The van der Waals surface area contributed by atoms with E-state index in [1.54, 1.807) is 6.92 Å². The molecule has 0 aromatic carbocycles. The SMILES string of the molecule is CO[C@@H](C)c1c(CC(=O)Cc2cc(C(C)O)nc(C(F)(F)F)c2)cnc2cc(F)nn12. The predicted octanol–water partition coefficient (Wildman–Crippen LogP) is 3.40. The first-order valence-electron chi connectivity index (χ1n) is 9.33. The van der Waals surface area contributed by atoms with Gasteiger partial charge in [-0.25, -0.2) is 14.5 Å². The van der Waals surface area contributed by atoms with Gasteiger partial charge in [-0.1, -0.05) is 0 Å². The zero-order chi connectivity index (χ0) is 22.9. The molecule has 3 rings (SSSR count). The van der Waals surface area contributed by atoms with Gasteiger partial charge in [-0.3, -0.25) is 4.79 Å². The lowest BCUT2D eigenvalue weighted by Crippen LogP contribution is -2.16. The van der Waals surface area contributed by atoms with E-state index < -0.39 is 35.8 Å². The molecule has 3 heterocycles. The summed E-state index contributed by atoms with van der Waals surface area (Å²) in [5, 5.41) is 13.4. The summed E-state index contributed by atoms with van der Waals surface area (Å²) in [4.78, 5) is 20.2. The van der Waals surface area contributed by atoms with Crippen molar-refractivity contribution in [1.82, 2.24) is 19.6 Å². The highest BCUT2D eigenvalue weighted by atomic mass is 19.4. The maximum absolute atomic E-state index is 13.6. The third kappa shape index (κ3) is 5.05. The lowest BCUT2D eigenvalue weighted by molar-refractivity contribution is -0.141. The van der Waals surface area contributed by atoms with E-state index in [0.29, 0.717) is 11.3 Å². The first-order chi connectivity index (χ1) is 14.5. The number of hydrogen-bond donors (Lipinski definition) is 1. The van der Waals surface area contributed by atoms with Crippen LogP contribution in [0.2, 0.25) is 0 Å². The van der Waals surface area contributed by atoms with Crippen molar-refractivity contribution < 1.29 is 32.2 Å². The minimum absolute atomic E-state index is 0.0729. The number of alkyl halides is 3. The Labute approximate surface area is 174 Å². The second-order valence-electron chi connectivity index (χ2n) is 7.14. The molecule has 3 aromatic heterocycles. The maximum Gasteiger partial charge on any atom is 0.433 e. The van der Waals surface area contributed by atoms with Gasteiger partial charge in [0, 0.05) is 37.8 Å². The molecule has 1 unspecified atom stereocenters. The number of aliphatic hydroxyl groups excluding tert-OH is 1. The van der Waals surface area contributed by atoms with Crippen molar-refractivity contribution in [3.8, 4) is 0 Å². The number of rotatable bonds is 7. The van der Waals surface area contributed by atoms with Gasteiger partial charge in [-0.05, 0) is 31.5 Å². The number of carbonyl (C=O) groups is 1. The molecule has 0 radical (unpaired) electrons. The van der Waals surface area contributed by atoms with Gasteiger partial charge in [0.25, 0.3) is 0 Å². The summed E-state index contributed by atoms with van der Waals surface area (Å²) in [7, 11) is 1.44. The summed E-state index contributed by atoms with van der Waals surface area (Å²) >= 11 is 0. The number of ether oxygens (including phenoxy) is 1. The molecule has 0 aliphatic carbocycles. The Hall–Kier alpha value is -2.92. The van der Waals surface area contributed by atoms with Gasteiger partial charge in [0.15, 0.2) is 5.65 Å². The Balaban J connectivity index is 1.92. The Morgan fingerprint density at radius 2 is 1.94 bits per heavy atom. The normalized spacial score (nSPS) is 14.1. The first-order valence-corrected chi connectivity index (χ1v) is 9.33. The molecule has 0 fully saturated rings. The molecular weight excluding hydrogens is 420 g/mol. The number of Topliss-reactive ketones (excluding diaryl/α,β-unsaturated/α-hetero) is 1. The van der Waals surface area contributed by atoms with E-state index in [4.69, 9.17) is 4.74 Å². The third-order valence-electron chi connectivity index (χ3n) is 4.72. The summed E-state index contributed by atoms with van der Waals surface area (Å²) in [6.07, 6.45) is -5.60. The predicted molar refractivity (Wildman–Crippen MR) is 101 cm³/mol. The van der Waals surface area contributed by atoms with Crippen LogP contribution in [0.3, 0.4) is 0 Å². The molecule has 0 amide bonds. The highest BCUT2D eigenvalue weighted by Gasteiger charge is 2.33. The van der Waals surface area contributed by atoms with Gasteiger partial charge in [0.05, 0.1) is 23.6 Å². The fourth-order valence-corrected chi connectivity index (χ4v) is 3.21. The summed E-state index contributed by atoms with van der Waals surface area (Å²) in [5.74, 6) is -1.16. The number of hydrogen-bond acceptors (Lipinski definition) is 6. The minimum atomic E-state index is -4.72. The first kappa shape index (κ1) is 22.8. The van der Waals surface area contributed by atoms with E-state index >= 15 is 0 Å². The van der Waals surface area contributed by atoms with E-state index in [2.05, 4.69) is 15.1 Å². The van der Waals surface area contributed by atoms with Gasteiger partial charge < -0.3 is 9.84 Å². The molecule has 0 saturated heterocycles. The standard InChI is InChI=1S/C20H20F4N4O3/c1-10(29)15-5-12(6-16(26-15)20(22,23)24)4-14(30)7-13-9-25-18-8-17(21)27-28(18)19(13)11(2)31-3/h5-6,8-11,29H,4,7H2,1-3H3/t10?,11-/m0/s1. The summed E-state index contributed by atoms with van der Waals surface area (Å²) in [6.45, 7) is 2.98. The summed E-state index contributed by atoms with van der Waals surface area (Å²) < 4.78 is 59.5. The number of pyridine rings is 1. The number of nitrogens with zero attached hydrogens (tertiary/aromatic N) is 4. The van der Waals surface area contributed by atoms with Crippen molar-refractivity contribution in [2.24, 2.45) is 0 Å². The van der Waals surface area contributed by atoms with Gasteiger partial charge in [-0.15, -0.1) is 5.10 Å². The summed E-state index contributed by atoms with van der Waals surface area (Å²) in [5.41, 5.74) is -0.225. The minimum Gasteiger partial charge on any atom is -0.387 e. The van der Waals surface area contributed by atoms with E-state index in [0.717, 1.165) is 12.1 Å². The highest BCUT2D eigenvalue weighted by molar-refractivity contribution is 5.83. The smallest absolute Gasteiger partial charge is 0.387 e. The molecule has 31 heavy (non-hydrogen) atoms. The van der Waals surface area contributed by atoms with E-state index in [9.17, 15) is 27.5 Å². The van der Waals surface area contributed by atoms with Crippen LogP contribution in [-0.4, -0.2) is 37.6 Å². The van der Waals surface area contributed by atoms with Crippen LogP contribution in [0.5, 0.6) is 0 Å². The monoisotopic (exact) mass is 440 g/mol. The zero-order valence-electron chi connectivity index (χ0n) is 16.9. The molecule has 2 atom stereocenters. The van der Waals surface area contributed by atoms with Crippen molar-refractivity contribution in [2.45, 2.75) is 45.1 Å². The number of fused-ring (bicyclic) bond motifs is 1.